The van der Waals surface area contributed by atoms with Crippen molar-refractivity contribution in [3.05, 3.63) is 35.4 Å². The van der Waals surface area contributed by atoms with E-state index in [1.807, 2.05) is 35.7 Å². The highest BCUT2D eigenvalue weighted by atomic mass is 35.5. The number of hydrogen-bond acceptors (Lipinski definition) is 4. The lowest BCUT2D eigenvalue weighted by atomic mass is 9.84. The Labute approximate surface area is 153 Å². The van der Waals surface area contributed by atoms with Crippen LogP contribution in [0.1, 0.15) is 46.2 Å². The first-order valence-electron chi connectivity index (χ1n) is 8.12. The molecule has 1 saturated heterocycles. The van der Waals surface area contributed by atoms with Gasteiger partial charge in [-0.3, -0.25) is 4.79 Å². The molecule has 128 valence electrons. The van der Waals surface area contributed by atoms with Gasteiger partial charge in [-0.05, 0) is 43.0 Å². The van der Waals surface area contributed by atoms with E-state index >= 15 is 0 Å². The number of nitrogens with one attached hydrogen (secondary N) is 1. The molecule has 1 heterocycles. The Bertz CT molecular complexity index is 506. The maximum absolute atomic E-state index is 12.4. The van der Waals surface area contributed by atoms with E-state index in [1.165, 1.54) is 29.9 Å². The first-order chi connectivity index (χ1) is 10.8. The quantitative estimate of drug-likeness (QED) is 0.843. The van der Waals surface area contributed by atoms with Gasteiger partial charge in [0.25, 0.3) is 5.91 Å². The number of benzene rings is 1. The summed E-state index contributed by atoms with van der Waals surface area (Å²) in [7, 11) is 0. The Kier molecular flexibility index (Phi) is 7.60. The van der Waals surface area contributed by atoms with Crippen LogP contribution in [0.4, 0.5) is 0 Å². The van der Waals surface area contributed by atoms with Crippen LogP contribution in [0.3, 0.4) is 0 Å². The zero-order valence-corrected chi connectivity index (χ0v) is 15.7. The third-order valence-corrected chi connectivity index (χ3v) is 7.70. The summed E-state index contributed by atoms with van der Waals surface area (Å²) in [6.45, 7) is 0.667. The summed E-state index contributed by atoms with van der Waals surface area (Å²) in [6.07, 6.45) is 4.62. The number of rotatable bonds is 4. The van der Waals surface area contributed by atoms with Gasteiger partial charge in [-0.1, -0.05) is 25.0 Å². The largest absolute Gasteiger partial charge is 0.349 e. The maximum atomic E-state index is 12.4. The number of halogens is 1. The fraction of sp³-hybridized carbons (Fsp3) is 0.588. The van der Waals surface area contributed by atoms with Gasteiger partial charge in [0.2, 0.25) is 0 Å². The number of carbonyl (C=O) groups is 1. The zero-order chi connectivity index (χ0) is 15.4. The van der Waals surface area contributed by atoms with Crippen LogP contribution >= 0.6 is 35.9 Å². The molecule has 1 aliphatic carbocycles. The van der Waals surface area contributed by atoms with E-state index < -0.39 is 0 Å². The Morgan fingerprint density at radius 3 is 2.43 bits per heavy atom. The molecule has 3 nitrogen and oxygen atoms in total. The number of hydrogen-bond donors (Lipinski definition) is 2. The average Bonchev–Trinajstić information content (AvgIpc) is 3.10. The molecule has 1 aromatic rings. The fourth-order valence-electron chi connectivity index (χ4n) is 3.27. The molecule has 2 aliphatic rings. The van der Waals surface area contributed by atoms with Gasteiger partial charge in [-0.2, -0.15) is 0 Å². The van der Waals surface area contributed by atoms with E-state index in [9.17, 15) is 4.79 Å². The van der Waals surface area contributed by atoms with Crippen LogP contribution in [0.2, 0.25) is 0 Å². The van der Waals surface area contributed by atoms with Gasteiger partial charge >= 0.3 is 0 Å². The van der Waals surface area contributed by atoms with Crippen LogP contribution in [0.5, 0.6) is 0 Å². The fourth-order valence-corrected chi connectivity index (χ4v) is 6.13. The zero-order valence-electron chi connectivity index (χ0n) is 13.2. The molecule has 0 bridgehead atoms. The molecule has 1 saturated carbocycles. The van der Waals surface area contributed by atoms with Crippen molar-refractivity contribution in [3.63, 3.8) is 0 Å². The van der Waals surface area contributed by atoms with Crippen molar-refractivity contribution < 1.29 is 4.79 Å². The van der Waals surface area contributed by atoms with Crippen LogP contribution < -0.4 is 11.1 Å². The van der Waals surface area contributed by atoms with E-state index in [-0.39, 0.29) is 24.4 Å². The second-order valence-electron chi connectivity index (χ2n) is 6.06. The Morgan fingerprint density at radius 1 is 1.13 bits per heavy atom. The van der Waals surface area contributed by atoms with E-state index in [1.54, 1.807) is 0 Å². The molecular weight excluding hydrogens is 348 g/mol. The summed E-state index contributed by atoms with van der Waals surface area (Å²) in [4.78, 5) is 12.4. The Hall–Kier alpha value is -0.360. The van der Waals surface area contributed by atoms with Crippen molar-refractivity contribution in [2.45, 2.75) is 36.3 Å². The van der Waals surface area contributed by atoms with Gasteiger partial charge in [0.1, 0.15) is 0 Å². The summed E-state index contributed by atoms with van der Waals surface area (Å²) in [5, 5.41) is 3.20. The number of thioether (sulfide) groups is 2. The molecule has 0 aromatic heterocycles. The molecule has 1 aromatic carbocycles. The molecule has 6 heteroatoms. The third kappa shape index (κ3) is 4.81. The predicted octanol–water partition coefficient (Wildman–Crippen LogP) is 3.83. The molecule has 1 amide bonds. The average molecular weight is 373 g/mol. The van der Waals surface area contributed by atoms with Crippen LogP contribution in [0.15, 0.2) is 24.3 Å². The first kappa shape index (κ1) is 19.0. The van der Waals surface area contributed by atoms with Gasteiger partial charge in [-0.15, -0.1) is 35.9 Å². The molecule has 2 unspecified atom stereocenters. The van der Waals surface area contributed by atoms with Gasteiger partial charge in [0.05, 0.1) is 4.58 Å². The van der Waals surface area contributed by atoms with Crippen molar-refractivity contribution in [1.29, 1.82) is 0 Å². The van der Waals surface area contributed by atoms with E-state index in [2.05, 4.69) is 17.4 Å². The van der Waals surface area contributed by atoms with E-state index in [4.69, 9.17) is 5.73 Å². The van der Waals surface area contributed by atoms with Crippen molar-refractivity contribution in [2.24, 2.45) is 11.7 Å². The SMILES string of the molecule is Cl.NCC1CCCCC1NC(=O)c1ccc(C2SCCS2)cc1. The van der Waals surface area contributed by atoms with Crippen molar-refractivity contribution in [2.75, 3.05) is 18.1 Å². The summed E-state index contributed by atoms with van der Waals surface area (Å²) < 4.78 is 0.539. The van der Waals surface area contributed by atoms with Crippen LogP contribution in [-0.4, -0.2) is 30.0 Å². The topological polar surface area (TPSA) is 55.1 Å². The summed E-state index contributed by atoms with van der Waals surface area (Å²) in [5.74, 6) is 2.92. The molecule has 0 radical (unpaired) electrons. The van der Waals surface area contributed by atoms with Crippen molar-refractivity contribution in [3.8, 4) is 0 Å². The second-order valence-corrected chi connectivity index (χ2v) is 8.78. The molecule has 2 atom stereocenters. The van der Waals surface area contributed by atoms with Crippen LogP contribution in [0, 0.1) is 5.92 Å². The Morgan fingerprint density at radius 2 is 1.78 bits per heavy atom. The highest BCUT2D eigenvalue weighted by Gasteiger charge is 2.25. The highest BCUT2D eigenvalue weighted by molar-refractivity contribution is 8.19. The normalized spacial score (nSPS) is 24.9. The minimum Gasteiger partial charge on any atom is -0.349 e. The summed E-state index contributed by atoms with van der Waals surface area (Å²) in [6, 6.07) is 8.37. The van der Waals surface area contributed by atoms with Crippen molar-refractivity contribution >= 4 is 41.8 Å². The highest BCUT2D eigenvalue weighted by Crippen LogP contribution is 2.45. The molecule has 2 fully saturated rings. The van der Waals surface area contributed by atoms with Gasteiger partial charge < -0.3 is 11.1 Å². The lowest BCUT2D eigenvalue weighted by Crippen LogP contribution is -2.44. The van der Waals surface area contributed by atoms with E-state index in [0.717, 1.165) is 18.4 Å². The molecule has 0 spiro atoms. The molecule has 23 heavy (non-hydrogen) atoms. The summed E-state index contributed by atoms with van der Waals surface area (Å²) in [5.41, 5.74) is 7.92. The van der Waals surface area contributed by atoms with Gasteiger partial charge in [0, 0.05) is 23.1 Å². The third-order valence-electron chi connectivity index (χ3n) is 4.60. The molecular formula is C17H25ClN2OS2. The lowest BCUT2D eigenvalue weighted by Gasteiger charge is -2.31. The van der Waals surface area contributed by atoms with Crippen LogP contribution in [0.25, 0.3) is 0 Å². The molecule has 3 N–H and O–H groups in total. The second kappa shape index (κ2) is 9.21. The number of nitrogens with two attached hydrogens (primary N) is 1. The number of amides is 1. The minimum atomic E-state index is 0. The smallest absolute Gasteiger partial charge is 0.251 e. The predicted molar refractivity (Wildman–Crippen MR) is 104 cm³/mol. The first-order valence-corrected chi connectivity index (χ1v) is 10.2. The van der Waals surface area contributed by atoms with Gasteiger partial charge in [0.15, 0.2) is 0 Å². The van der Waals surface area contributed by atoms with Gasteiger partial charge in [-0.25, -0.2) is 0 Å². The van der Waals surface area contributed by atoms with Crippen molar-refractivity contribution in [1.82, 2.24) is 5.32 Å². The lowest BCUT2D eigenvalue weighted by molar-refractivity contribution is 0.0908. The van der Waals surface area contributed by atoms with Crippen LogP contribution in [-0.2, 0) is 0 Å². The maximum Gasteiger partial charge on any atom is 0.251 e. The standard InChI is InChI=1S/C17H24N2OS2.ClH/c18-11-14-3-1-2-4-15(14)19-16(20)12-5-7-13(8-6-12)17-21-9-10-22-17;/h5-8,14-15,17H,1-4,9-11,18H2,(H,19,20);1H. The molecule has 1 aliphatic heterocycles. The Balaban J connectivity index is 0.00000192. The number of carbonyl (C=O) groups excluding carboxylic acids is 1. The molecule has 3 rings (SSSR count). The van der Waals surface area contributed by atoms with E-state index in [0.29, 0.717) is 17.0 Å². The summed E-state index contributed by atoms with van der Waals surface area (Å²) >= 11 is 3.98. The monoisotopic (exact) mass is 372 g/mol. The minimum absolute atomic E-state index is 0.